The van der Waals surface area contributed by atoms with Crippen molar-refractivity contribution in [1.29, 1.82) is 0 Å². The van der Waals surface area contributed by atoms with Gasteiger partial charge in [0.05, 0.1) is 0 Å². The van der Waals surface area contributed by atoms with Crippen LogP contribution in [-0.4, -0.2) is 30.9 Å². The number of amides is 1. The number of rotatable bonds is 2. The van der Waals surface area contributed by atoms with E-state index in [9.17, 15) is 9.59 Å². The summed E-state index contributed by atoms with van der Waals surface area (Å²) in [6.07, 6.45) is -0.751. The van der Waals surface area contributed by atoms with Gasteiger partial charge in [-0.1, -0.05) is 0 Å². The lowest BCUT2D eigenvalue weighted by Gasteiger charge is -2.09. The molecule has 0 radical (unpaired) electrons. The Labute approximate surface area is 97.7 Å². The molecule has 0 fully saturated rings. The zero-order valence-corrected chi connectivity index (χ0v) is 10.1. The van der Waals surface area contributed by atoms with Gasteiger partial charge < -0.3 is 18.5 Å². The molecule has 0 atom stereocenters. The van der Waals surface area contributed by atoms with Crippen molar-refractivity contribution in [3.63, 3.8) is 0 Å². The van der Waals surface area contributed by atoms with Gasteiger partial charge in [0.1, 0.15) is 5.84 Å². The highest BCUT2D eigenvalue weighted by Gasteiger charge is 2.11. The summed E-state index contributed by atoms with van der Waals surface area (Å²) in [7, 11) is 3.51. The molecule has 1 amide bonds. The largest absolute Gasteiger partial charge is 0.519 e. The summed E-state index contributed by atoms with van der Waals surface area (Å²) in [5, 5.41) is 0. The van der Waals surface area contributed by atoms with Gasteiger partial charge in [-0.3, -0.25) is 0 Å². The van der Waals surface area contributed by atoms with Gasteiger partial charge in [0.25, 0.3) is 0 Å². The van der Waals surface area contributed by atoms with Crippen LogP contribution in [0.1, 0.15) is 18.4 Å². The van der Waals surface area contributed by atoms with E-state index in [1.165, 1.54) is 0 Å². The first-order chi connectivity index (χ1) is 7.90. The number of carbonyl (C=O) groups is 1. The second-order valence-electron chi connectivity index (χ2n) is 3.54. The highest BCUT2D eigenvalue weighted by Crippen LogP contribution is 2.06. The molecule has 1 aromatic rings. The van der Waals surface area contributed by atoms with E-state index in [0.29, 0.717) is 5.84 Å². The molecular formula is C10H14N2O5. The topological polar surface area (TPSA) is 85.2 Å². The number of nitrogens with zero attached hydrogens (tertiary/aromatic N) is 2. The molecule has 0 aromatic carbocycles. The number of aryl methyl sites for hydroxylation is 1. The lowest BCUT2D eigenvalue weighted by molar-refractivity contribution is 0.140. The molecular weight excluding hydrogens is 228 g/mol. The number of aliphatic imine (C=N–C) groups is 1. The average molecular weight is 242 g/mol. The molecule has 0 saturated carbocycles. The van der Waals surface area contributed by atoms with Crippen molar-refractivity contribution < 1.29 is 18.4 Å². The second kappa shape index (κ2) is 5.33. The molecule has 7 nitrogen and oxygen atoms in total. The molecule has 0 bridgehead atoms. The van der Waals surface area contributed by atoms with Gasteiger partial charge >= 0.3 is 11.9 Å². The third-order valence-corrected chi connectivity index (χ3v) is 2.06. The molecule has 0 unspecified atom stereocenters. The maximum atomic E-state index is 11.3. The van der Waals surface area contributed by atoms with Gasteiger partial charge in [-0.25, -0.2) is 9.59 Å². The van der Waals surface area contributed by atoms with Crippen molar-refractivity contribution >= 4 is 11.9 Å². The van der Waals surface area contributed by atoms with E-state index < -0.39 is 11.9 Å². The number of ether oxygens (including phenoxy) is 1. The van der Waals surface area contributed by atoms with Crippen LogP contribution in [0.4, 0.5) is 4.79 Å². The van der Waals surface area contributed by atoms with Gasteiger partial charge in [-0.15, -0.1) is 0 Å². The van der Waals surface area contributed by atoms with E-state index in [1.54, 1.807) is 32.8 Å². The minimum Gasteiger partial charge on any atom is -0.440 e. The Balaban J connectivity index is 2.57. The zero-order valence-electron chi connectivity index (χ0n) is 10.1. The predicted molar refractivity (Wildman–Crippen MR) is 59.0 cm³/mol. The second-order valence-corrected chi connectivity index (χ2v) is 3.54. The Kier molecular flexibility index (Phi) is 4.08. The Morgan fingerprint density at radius 3 is 2.53 bits per heavy atom. The summed E-state index contributed by atoms with van der Waals surface area (Å²) in [5.41, 5.74) is 0. The van der Waals surface area contributed by atoms with Crippen LogP contribution in [0.2, 0.25) is 0 Å². The van der Waals surface area contributed by atoms with Crippen molar-refractivity contribution in [2.24, 2.45) is 4.99 Å². The zero-order chi connectivity index (χ0) is 13.0. The maximum Gasteiger partial charge on any atom is 0.519 e. The first kappa shape index (κ1) is 13.0. The monoisotopic (exact) mass is 242 g/mol. The van der Waals surface area contributed by atoms with Crippen molar-refractivity contribution in [2.75, 3.05) is 14.1 Å². The fourth-order valence-corrected chi connectivity index (χ4v) is 0.898. The van der Waals surface area contributed by atoms with E-state index in [4.69, 9.17) is 4.74 Å². The fourth-order valence-electron chi connectivity index (χ4n) is 0.898. The summed E-state index contributed by atoms with van der Waals surface area (Å²) >= 11 is 0. The van der Waals surface area contributed by atoms with Crippen LogP contribution in [0.3, 0.4) is 0 Å². The van der Waals surface area contributed by atoms with Crippen molar-refractivity contribution in [3.8, 4) is 0 Å². The van der Waals surface area contributed by atoms with Gasteiger partial charge in [0, 0.05) is 14.1 Å². The molecule has 17 heavy (non-hydrogen) atoms. The number of hydrogen-bond acceptors (Lipinski definition) is 5. The van der Waals surface area contributed by atoms with E-state index >= 15 is 0 Å². The molecule has 94 valence electrons. The van der Waals surface area contributed by atoms with Crippen LogP contribution >= 0.6 is 0 Å². The van der Waals surface area contributed by atoms with Crippen LogP contribution in [0, 0.1) is 6.92 Å². The molecule has 7 heteroatoms. The fraction of sp³-hybridized carbons (Fsp3) is 0.500. The van der Waals surface area contributed by atoms with Gasteiger partial charge in [0.15, 0.2) is 18.1 Å². The lowest BCUT2D eigenvalue weighted by atomic mass is 10.4. The van der Waals surface area contributed by atoms with Gasteiger partial charge in [-0.2, -0.15) is 4.99 Å². The Hall–Kier alpha value is -2.05. The molecule has 1 heterocycles. The lowest BCUT2D eigenvalue weighted by Crippen LogP contribution is -2.20. The predicted octanol–water partition coefficient (Wildman–Crippen LogP) is 1.16. The van der Waals surface area contributed by atoms with Gasteiger partial charge in [0.2, 0.25) is 0 Å². The molecule has 0 aliphatic rings. The molecule has 1 rings (SSSR count). The third-order valence-electron chi connectivity index (χ3n) is 2.06. The van der Waals surface area contributed by atoms with Gasteiger partial charge in [-0.05, 0) is 13.8 Å². The molecule has 0 aliphatic carbocycles. The summed E-state index contributed by atoms with van der Waals surface area (Å²) in [6, 6.07) is 0. The molecule has 0 spiro atoms. The molecule has 1 aromatic heterocycles. The van der Waals surface area contributed by atoms with E-state index in [2.05, 4.69) is 13.8 Å². The SMILES string of the molecule is CC(=NC(=O)OCc1oc(=O)oc1C)N(C)C. The Morgan fingerprint density at radius 1 is 1.41 bits per heavy atom. The quantitative estimate of drug-likeness (QED) is 0.571. The normalized spacial score (nSPS) is 11.4. The minimum atomic E-state index is -0.818. The van der Waals surface area contributed by atoms with Crippen LogP contribution < -0.4 is 5.82 Å². The minimum absolute atomic E-state index is 0.180. The van der Waals surface area contributed by atoms with Crippen LogP contribution in [0.15, 0.2) is 18.6 Å². The molecule has 0 aliphatic heterocycles. The number of hydrogen-bond donors (Lipinski definition) is 0. The summed E-state index contributed by atoms with van der Waals surface area (Å²) in [6.45, 7) is 3.04. The molecule has 0 N–H and O–H groups in total. The summed E-state index contributed by atoms with van der Waals surface area (Å²) < 4.78 is 14.1. The van der Waals surface area contributed by atoms with Crippen molar-refractivity contribution in [3.05, 3.63) is 22.1 Å². The first-order valence-electron chi connectivity index (χ1n) is 4.89. The number of carbonyl (C=O) groups excluding carboxylic acids is 1. The maximum absolute atomic E-state index is 11.3. The van der Waals surface area contributed by atoms with Crippen LogP contribution in [-0.2, 0) is 11.3 Å². The van der Waals surface area contributed by atoms with E-state index in [-0.39, 0.29) is 18.1 Å². The molecule has 0 saturated heterocycles. The third kappa shape index (κ3) is 3.78. The smallest absolute Gasteiger partial charge is 0.440 e. The Bertz CT molecular complexity index is 483. The summed E-state index contributed by atoms with van der Waals surface area (Å²) in [4.78, 5) is 27.3. The van der Waals surface area contributed by atoms with Crippen LogP contribution in [0.5, 0.6) is 0 Å². The van der Waals surface area contributed by atoms with E-state index in [1.807, 2.05) is 0 Å². The number of amidine groups is 1. The standard InChI is InChI=1S/C10H14N2O5/c1-6-8(17-10(14)16-6)5-15-9(13)11-7(2)12(3)4/h5H2,1-4H3. The average Bonchev–Trinajstić information content (AvgIpc) is 2.54. The highest BCUT2D eigenvalue weighted by atomic mass is 16.6. The van der Waals surface area contributed by atoms with Crippen LogP contribution in [0.25, 0.3) is 0 Å². The Morgan fingerprint density at radius 2 is 2.06 bits per heavy atom. The summed E-state index contributed by atoms with van der Waals surface area (Å²) in [5.74, 6) is 0.166. The van der Waals surface area contributed by atoms with E-state index in [0.717, 1.165) is 0 Å². The highest BCUT2D eigenvalue weighted by molar-refractivity contribution is 5.89. The first-order valence-corrected chi connectivity index (χ1v) is 4.89. The van der Waals surface area contributed by atoms with Crippen molar-refractivity contribution in [2.45, 2.75) is 20.5 Å². The van der Waals surface area contributed by atoms with Crippen molar-refractivity contribution in [1.82, 2.24) is 4.90 Å².